The zero-order valence-corrected chi connectivity index (χ0v) is 13.1. The van der Waals surface area contributed by atoms with E-state index in [4.69, 9.17) is 10.5 Å². The Morgan fingerprint density at radius 2 is 2.24 bits per heavy atom. The van der Waals surface area contributed by atoms with Crippen molar-refractivity contribution in [2.45, 2.75) is 39.3 Å². The number of hydrogen-bond donors (Lipinski definition) is 2. The summed E-state index contributed by atoms with van der Waals surface area (Å²) in [4.78, 5) is 14.1. The van der Waals surface area contributed by atoms with Gasteiger partial charge in [-0.2, -0.15) is 0 Å². The van der Waals surface area contributed by atoms with Crippen molar-refractivity contribution >= 4 is 11.6 Å². The van der Waals surface area contributed by atoms with E-state index in [1.54, 1.807) is 0 Å². The second-order valence-corrected chi connectivity index (χ2v) is 6.07. The topological polar surface area (TPSA) is 67.6 Å². The first-order valence-corrected chi connectivity index (χ1v) is 7.49. The van der Waals surface area contributed by atoms with E-state index in [0.29, 0.717) is 26.2 Å². The van der Waals surface area contributed by atoms with Crippen molar-refractivity contribution in [2.24, 2.45) is 5.73 Å². The molecule has 0 fully saturated rings. The maximum atomic E-state index is 12.0. The molecule has 0 atom stereocenters. The molecule has 0 saturated heterocycles. The third-order valence-corrected chi connectivity index (χ3v) is 3.47. The van der Waals surface area contributed by atoms with Crippen molar-refractivity contribution in [3.05, 3.63) is 23.8 Å². The van der Waals surface area contributed by atoms with Crippen LogP contribution in [0.25, 0.3) is 0 Å². The highest BCUT2D eigenvalue weighted by Crippen LogP contribution is 2.37. The average Bonchev–Trinajstić information content (AvgIpc) is 2.43. The van der Waals surface area contributed by atoms with Crippen LogP contribution in [0.1, 0.15) is 32.8 Å². The first-order valence-electron chi connectivity index (χ1n) is 7.49. The number of nitrogens with two attached hydrogens (primary N) is 1. The number of fused-ring (bicyclic) bond motifs is 1. The number of carbonyl (C=O) groups is 1. The number of hydrogen-bond acceptors (Lipinski definition) is 4. The molecule has 0 unspecified atom stereocenters. The van der Waals surface area contributed by atoms with Crippen molar-refractivity contribution in [3.8, 4) is 5.75 Å². The number of nitrogens with one attached hydrogen (secondary N) is 1. The fourth-order valence-electron chi connectivity index (χ4n) is 2.54. The monoisotopic (exact) mass is 291 g/mol. The van der Waals surface area contributed by atoms with Crippen LogP contribution in [0, 0.1) is 0 Å². The fraction of sp³-hybridized carbons (Fsp3) is 0.562. The quantitative estimate of drug-likeness (QED) is 0.865. The largest absolute Gasteiger partial charge is 0.484 e. The lowest BCUT2D eigenvalue weighted by Crippen LogP contribution is -2.50. The van der Waals surface area contributed by atoms with Gasteiger partial charge in [-0.15, -0.1) is 0 Å². The summed E-state index contributed by atoms with van der Waals surface area (Å²) in [5.41, 5.74) is 7.35. The van der Waals surface area contributed by atoms with Gasteiger partial charge in [0.05, 0.1) is 18.8 Å². The summed E-state index contributed by atoms with van der Waals surface area (Å²) in [6, 6.07) is 5.94. The molecule has 2 rings (SSSR count). The molecule has 1 aliphatic rings. The van der Waals surface area contributed by atoms with Gasteiger partial charge >= 0.3 is 0 Å². The second-order valence-electron chi connectivity index (χ2n) is 6.07. The summed E-state index contributed by atoms with van der Waals surface area (Å²) in [6.07, 6.45) is 0.941. The third kappa shape index (κ3) is 3.88. The van der Waals surface area contributed by atoms with E-state index in [-0.39, 0.29) is 11.5 Å². The molecule has 1 amide bonds. The van der Waals surface area contributed by atoms with Crippen LogP contribution in [0.2, 0.25) is 0 Å². The SMILES string of the molecule is CCCNC(=O)CN1CC(C)(C)Oc2cc(CN)ccc21. The van der Waals surface area contributed by atoms with E-state index in [2.05, 4.69) is 10.2 Å². The predicted octanol–water partition coefficient (Wildman–Crippen LogP) is 1.65. The molecule has 116 valence electrons. The number of carbonyl (C=O) groups excluding carboxylic acids is 1. The van der Waals surface area contributed by atoms with Gasteiger partial charge in [-0.3, -0.25) is 4.79 Å². The Morgan fingerprint density at radius 1 is 1.48 bits per heavy atom. The maximum absolute atomic E-state index is 12.0. The first kappa shape index (κ1) is 15.6. The summed E-state index contributed by atoms with van der Waals surface area (Å²) < 4.78 is 6.03. The fourth-order valence-corrected chi connectivity index (χ4v) is 2.54. The minimum atomic E-state index is -0.328. The number of anilines is 1. The summed E-state index contributed by atoms with van der Waals surface area (Å²) in [5, 5.41) is 2.92. The second kappa shape index (κ2) is 6.35. The molecule has 5 nitrogen and oxygen atoms in total. The van der Waals surface area contributed by atoms with E-state index >= 15 is 0 Å². The smallest absolute Gasteiger partial charge is 0.239 e. The molecule has 0 spiro atoms. The van der Waals surface area contributed by atoms with E-state index in [1.165, 1.54) is 0 Å². The summed E-state index contributed by atoms with van der Waals surface area (Å²) in [5.74, 6) is 0.848. The van der Waals surface area contributed by atoms with Crippen molar-refractivity contribution < 1.29 is 9.53 Å². The zero-order chi connectivity index (χ0) is 15.5. The number of nitrogens with zero attached hydrogens (tertiary/aromatic N) is 1. The van der Waals surface area contributed by atoms with Gasteiger partial charge in [0, 0.05) is 13.1 Å². The predicted molar refractivity (Wildman–Crippen MR) is 84.6 cm³/mol. The lowest BCUT2D eigenvalue weighted by Gasteiger charge is -2.40. The highest BCUT2D eigenvalue weighted by atomic mass is 16.5. The Bertz CT molecular complexity index is 514. The van der Waals surface area contributed by atoms with E-state index in [1.807, 2.05) is 39.0 Å². The number of amides is 1. The molecule has 3 N–H and O–H groups in total. The van der Waals surface area contributed by atoms with Crippen LogP contribution in [0.15, 0.2) is 18.2 Å². The minimum Gasteiger partial charge on any atom is -0.484 e. The summed E-state index contributed by atoms with van der Waals surface area (Å²) in [7, 11) is 0. The molecule has 1 heterocycles. The van der Waals surface area contributed by atoms with Gasteiger partial charge in [-0.25, -0.2) is 0 Å². The number of rotatable bonds is 5. The van der Waals surface area contributed by atoms with Crippen molar-refractivity contribution in [1.82, 2.24) is 5.32 Å². The van der Waals surface area contributed by atoms with Gasteiger partial charge in [-0.05, 0) is 38.0 Å². The molecule has 0 saturated carbocycles. The maximum Gasteiger partial charge on any atom is 0.239 e. The van der Waals surface area contributed by atoms with Gasteiger partial charge in [-0.1, -0.05) is 13.0 Å². The van der Waals surface area contributed by atoms with Crippen molar-refractivity contribution in [3.63, 3.8) is 0 Å². The van der Waals surface area contributed by atoms with E-state index in [0.717, 1.165) is 23.4 Å². The van der Waals surface area contributed by atoms with Crippen LogP contribution >= 0.6 is 0 Å². The van der Waals surface area contributed by atoms with Gasteiger partial charge in [0.2, 0.25) is 5.91 Å². The standard InChI is InChI=1S/C16H25N3O2/c1-4-7-18-15(20)10-19-11-16(2,3)21-14-8-12(9-17)5-6-13(14)19/h5-6,8H,4,7,9-11,17H2,1-3H3,(H,18,20). The Labute approximate surface area is 126 Å². The molecular weight excluding hydrogens is 266 g/mol. The molecule has 5 heteroatoms. The van der Waals surface area contributed by atoms with Gasteiger partial charge in [0.25, 0.3) is 0 Å². The Morgan fingerprint density at radius 3 is 2.90 bits per heavy atom. The molecule has 0 aromatic heterocycles. The molecule has 0 aliphatic carbocycles. The Hall–Kier alpha value is -1.75. The normalized spacial score (nSPS) is 16.1. The lowest BCUT2D eigenvalue weighted by molar-refractivity contribution is -0.119. The zero-order valence-electron chi connectivity index (χ0n) is 13.1. The summed E-state index contributed by atoms with van der Waals surface area (Å²) in [6.45, 7) is 8.33. The van der Waals surface area contributed by atoms with Crippen molar-refractivity contribution in [1.29, 1.82) is 0 Å². The lowest BCUT2D eigenvalue weighted by atomic mass is 10.0. The highest BCUT2D eigenvalue weighted by molar-refractivity contribution is 5.82. The molecule has 1 aliphatic heterocycles. The molecular formula is C16H25N3O2. The van der Waals surface area contributed by atoms with Crippen LogP contribution in [0.4, 0.5) is 5.69 Å². The summed E-state index contributed by atoms with van der Waals surface area (Å²) >= 11 is 0. The van der Waals surface area contributed by atoms with Gasteiger partial charge in [0.1, 0.15) is 11.4 Å². The van der Waals surface area contributed by atoms with Crippen LogP contribution in [0.5, 0.6) is 5.75 Å². The van der Waals surface area contributed by atoms with Crippen LogP contribution in [0.3, 0.4) is 0 Å². The molecule has 1 aromatic rings. The van der Waals surface area contributed by atoms with Gasteiger partial charge in [0.15, 0.2) is 0 Å². The molecule has 0 bridgehead atoms. The Balaban J connectivity index is 2.20. The van der Waals surface area contributed by atoms with Crippen LogP contribution < -0.4 is 20.7 Å². The van der Waals surface area contributed by atoms with Crippen LogP contribution in [-0.4, -0.2) is 31.1 Å². The van der Waals surface area contributed by atoms with E-state index < -0.39 is 0 Å². The molecule has 0 radical (unpaired) electrons. The van der Waals surface area contributed by atoms with Crippen molar-refractivity contribution in [2.75, 3.05) is 24.5 Å². The Kier molecular flexibility index (Phi) is 4.73. The first-order chi connectivity index (χ1) is 9.95. The average molecular weight is 291 g/mol. The number of ether oxygens (including phenoxy) is 1. The number of benzene rings is 1. The third-order valence-electron chi connectivity index (χ3n) is 3.47. The molecule has 21 heavy (non-hydrogen) atoms. The van der Waals surface area contributed by atoms with E-state index in [9.17, 15) is 4.79 Å². The van der Waals surface area contributed by atoms with Gasteiger partial charge < -0.3 is 20.7 Å². The minimum absolute atomic E-state index is 0.0448. The highest BCUT2D eigenvalue weighted by Gasteiger charge is 2.32. The van der Waals surface area contributed by atoms with Crippen LogP contribution in [-0.2, 0) is 11.3 Å². The molecule has 1 aromatic carbocycles.